The number of ketones is 1. The van der Waals surface area contributed by atoms with Gasteiger partial charge >= 0.3 is 0 Å². The second kappa shape index (κ2) is 8.64. The summed E-state index contributed by atoms with van der Waals surface area (Å²) in [5.41, 5.74) is 4.42. The average molecular weight is 511 g/mol. The molecule has 1 aliphatic heterocycles. The lowest BCUT2D eigenvalue weighted by Gasteiger charge is -2.29. The van der Waals surface area contributed by atoms with Gasteiger partial charge in [-0.05, 0) is 70.5 Å². The molecule has 0 spiro atoms. The van der Waals surface area contributed by atoms with Gasteiger partial charge in [0.2, 0.25) is 0 Å². The molecule has 0 saturated carbocycles. The standard InChI is InChI=1S/C25H23BrN2O3S/c1-2-31-21-13-15(10-16(26)25(21)30)24-23-19(27-17-6-3-4-7-18(17)28-24)11-14(12-20(23)29)22-8-5-9-32-22/h3-10,13-14,24,27-28,30H,2,11-12H2,1H3/t14-,24+/m1/s1. The summed E-state index contributed by atoms with van der Waals surface area (Å²) in [6.07, 6.45) is 1.25. The van der Waals surface area contributed by atoms with Crippen LogP contribution in [0.1, 0.15) is 42.2 Å². The largest absolute Gasteiger partial charge is 0.503 e. The topological polar surface area (TPSA) is 70.6 Å². The van der Waals surface area contributed by atoms with Crippen molar-refractivity contribution in [3.63, 3.8) is 0 Å². The van der Waals surface area contributed by atoms with Crippen molar-refractivity contribution >= 4 is 44.4 Å². The zero-order valence-corrected chi connectivity index (χ0v) is 19.9. The average Bonchev–Trinajstić information content (AvgIpc) is 3.26. The molecule has 1 aromatic heterocycles. The first kappa shape index (κ1) is 21.1. The molecule has 5 rings (SSSR count). The van der Waals surface area contributed by atoms with E-state index in [0.29, 0.717) is 23.2 Å². The molecule has 3 aromatic rings. The number of aromatic hydroxyl groups is 1. The number of carbonyl (C=O) groups is 1. The summed E-state index contributed by atoms with van der Waals surface area (Å²) in [5.74, 6) is 0.755. The van der Waals surface area contributed by atoms with Crippen LogP contribution in [0.2, 0.25) is 0 Å². The van der Waals surface area contributed by atoms with Gasteiger partial charge in [0.1, 0.15) is 0 Å². The first-order valence-corrected chi connectivity index (χ1v) is 12.3. The van der Waals surface area contributed by atoms with Gasteiger partial charge in [-0.2, -0.15) is 0 Å². The normalized spacial score (nSPS) is 20.0. The minimum absolute atomic E-state index is 0.0599. The fraction of sp³-hybridized carbons (Fsp3) is 0.240. The molecule has 0 amide bonds. The zero-order chi connectivity index (χ0) is 22.2. The molecule has 5 nitrogen and oxygen atoms in total. The minimum Gasteiger partial charge on any atom is -0.503 e. The fourth-order valence-electron chi connectivity index (χ4n) is 4.49. The Morgan fingerprint density at radius 2 is 1.97 bits per heavy atom. The molecule has 0 saturated heterocycles. The van der Waals surface area contributed by atoms with Gasteiger partial charge in [0.05, 0.1) is 28.5 Å². The molecular weight excluding hydrogens is 488 g/mol. The Hall–Kier alpha value is -2.77. The molecular formula is C25H23BrN2O3S. The van der Waals surface area contributed by atoms with E-state index in [1.54, 1.807) is 11.3 Å². The molecule has 2 aromatic carbocycles. The Balaban J connectivity index is 1.64. The van der Waals surface area contributed by atoms with Gasteiger partial charge in [0.15, 0.2) is 17.3 Å². The van der Waals surface area contributed by atoms with E-state index in [-0.39, 0.29) is 23.5 Å². The number of para-hydroxylation sites is 2. The molecule has 3 N–H and O–H groups in total. The highest BCUT2D eigenvalue weighted by Crippen LogP contribution is 2.46. The first-order valence-electron chi connectivity index (χ1n) is 10.6. The van der Waals surface area contributed by atoms with Gasteiger partial charge < -0.3 is 20.5 Å². The summed E-state index contributed by atoms with van der Waals surface area (Å²) in [7, 11) is 0. The number of ether oxygens (including phenoxy) is 1. The second-order valence-corrected chi connectivity index (χ2v) is 9.80. The van der Waals surface area contributed by atoms with Crippen molar-refractivity contribution in [2.24, 2.45) is 0 Å². The number of fused-ring (bicyclic) bond motifs is 1. The Kier molecular flexibility index (Phi) is 5.69. The van der Waals surface area contributed by atoms with E-state index in [0.717, 1.165) is 34.6 Å². The SMILES string of the molecule is CCOc1cc([C@@H]2Nc3ccccc3NC3=C2C(=O)C[C@H](c2cccs2)C3)cc(Br)c1O. The van der Waals surface area contributed by atoms with Crippen molar-refractivity contribution in [2.45, 2.75) is 31.7 Å². The van der Waals surface area contributed by atoms with E-state index in [1.807, 2.05) is 49.4 Å². The van der Waals surface area contributed by atoms with Crippen molar-refractivity contribution in [3.8, 4) is 11.5 Å². The fourth-order valence-corrected chi connectivity index (χ4v) is 5.78. The number of carbonyl (C=O) groups excluding carboxylic acids is 1. The zero-order valence-electron chi connectivity index (χ0n) is 17.5. The molecule has 1 aliphatic carbocycles. The molecule has 32 heavy (non-hydrogen) atoms. The van der Waals surface area contributed by atoms with Crippen LogP contribution in [0, 0.1) is 0 Å². The number of allylic oxidation sites excluding steroid dienone is 1. The van der Waals surface area contributed by atoms with Crippen LogP contribution < -0.4 is 15.4 Å². The maximum atomic E-state index is 13.6. The number of benzene rings is 2. The molecule has 2 heterocycles. The summed E-state index contributed by atoms with van der Waals surface area (Å²) in [4.78, 5) is 14.8. The first-order chi connectivity index (χ1) is 15.5. The molecule has 2 aliphatic rings. The third-order valence-corrected chi connectivity index (χ3v) is 7.58. The number of hydrogen-bond acceptors (Lipinski definition) is 6. The third-order valence-electron chi connectivity index (χ3n) is 5.94. The van der Waals surface area contributed by atoms with E-state index < -0.39 is 0 Å². The lowest BCUT2D eigenvalue weighted by atomic mass is 9.80. The number of thiophene rings is 1. The van der Waals surface area contributed by atoms with Gasteiger partial charge in [-0.3, -0.25) is 4.79 Å². The number of phenolic OH excluding ortho intramolecular Hbond substituents is 1. The smallest absolute Gasteiger partial charge is 0.172 e. The van der Waals surface area contributed by atoms with Crippen molar-refractivity contribution < 1.29 is 14.6 Å². The number of Topliss-reactive ketones (excluding diaryl/α,β-unsaturated/α-hetero) is 1. The van der Waals surface area contributed by atoms with Gasteiger partial charge in [0, 0.05) is 28.5 Å². The van der Waals surface area contributed by atoms with Gasteiger partial charge in [0.25, 0.3) is 0 Å². The second-order valence-electron chi connectivity index (χ2n) is 7.97. The van der Waals surface area contributed by atoms with E-state index in [1.165, 1.54) is 4.88 Å². The molecule has 0 radical (unpaired) electrons. The Bertz CT molecular complexity index is 1210. The van der Waals surface area contributed by atoms with Crippen LogP contribution in [0.3, 0.4) is 0 Å². The molecule has 2 atom stereocenters. The van der Waals surface area contributed by atoms with Crippen LogP contribution in [0.4, 0.5) is 11.4 Å². The van der Waals surface area contributed by atoms with Crippen molar-refractivity contribution in [1.29, 1.82) is 0 Å². The van der Waals surface area contributed by atoms with Crippen LogP contribution in [-0.4, -0.2) is 17.5 Å². The molecule has 0 unspecified atom stereocenters. The Morgan fingerprint density at radius 1 is 1.16 bits per heavy atom. The van der Waals surface area contributed by atoms with Crippen LogP contribution in [0.25, 0.3) is 0 Å². The third kappa shape index (κ3) is 3.80. The van der Waals surface area contributed by atoms with Crippen LogP contribution in [-0.2, 0) is 4.79 Å². The molecule has 7 heteroatoms. The van der Waals surface area contributed by atoms with Crippen LogP contribution >= 0.6 is 27.3 Å². The number of nitrogens with one attached hydrogen (secondary N) is 2. The maximum Gasteiger partial charge on any atom is 0.172 e. The highest BCUT2D eigenvalue weighted by atomic mass is 79.9. The molecule has 164 valence electrons. The predicted octanol–water partition coefficient (Wildman–Crippen LogP) is 6.59. The van der Waals surface area contributed by atoms with Crippen molar-refractivity contribution in [3.05, 3.63) is 80.1 Å². The number of anilines is 2. The van der Waals surface area contributed by atoms with E-state index in [9.17, 15) is 9.90 Å². The van der Waals surface area contributed by atoms with Gasteiger partial charge in [-0.25, -0.2) is 0 Å². The quantitative estimate of drug-likeness (QED) is 0.369. The number of hydrogen-bond donors (Lipinski definition) is 3. The minimum atomic E-state index is -0.367. The van der Waals surface area contributed by atoms with Crippen molar-refractivity contribution in [2.75, 3.05) is 17.2 Å². The highest BCUT2D eigenvalue weighted by Gasteiger charge is 2.36. The molecule has 0 fully saturated rings. The van der Waals surface area contributed by atoms with E-state index in [2.05, 4.69) is 38.0 Å². The lowest BCUT2D eigenvalue weighted by Crippen LogP contribution is -2.26. The monoisotopic (exact) mass is 510 g/mol. The van der Waals surface area contributed by atoms with Crippen LogP contribution in [0.15, 0.2) is 69.7 Å². The summed E-state index contributed by atoms with van der Waals surface area (Å²) >= 11 is 5.15. The summed E-state index contributed by atoms with van der Waals surface area (Å²) in [5, 5.41) is 19.6. The highest BCUT2D eigenvalue weighted by molar-refractivity contribution is 9.10. The van der Waals surface area contributed by atoms with Gasteiger partial charge in [-0.15, -0.1) is 11.3 Å². The summed E-state index contributed by atoms with van der Waals surface area (Å²) in [6, 6.07) is 15.4. The Labute approximate surface area is 199 Å². The predicted molar refractivity (Wildman–Crippen MR) is 132 cm³/mol. The van der Waals surface area contributed by atoms with E-state index >= 15 is 0 Å². The maximum absolute atomic E-state index is 13.6. The van der Waals surface area contributed by atoms with E-state index in [4.69, 9.17) is 4.74 Å². The summed E-state index contributed by atoms with van der Waals surface area (Å²) in [6.45, 7) is 2.31. The Morgan fingerprint density at radius 3 is 2.72 bits per heavy atom. The number of halogens is 1. The lowest BCUT2D eigenvalue weighted by molar-refractivity contribution is -0.116. The summed E-state index contributed by atoms with van der Waals surface area (Å²) < 4.78 is 6.19. The number of rotatable bonds is 4. The van der Waals surface area contributed by atoms with Gasteiger partial charge in [-0.1, -0.05) is 18.2 Å². The molecule has 0 bridgehead atoms. The number of phenols is 1. The van der Waals surface area contributed by atoms with Crippen LogP contribution in [0.5, 0.6) is 11.5 Å². The van der Waals surface area contributed by atoms with Crippen molar-refractivity contribution in [1.82, 2.24) is 0 Å².